The van der Waals surface area contributed by atoms with E-state index >= 15 is 0 Å². The zero-order valence-electron chi connectivity index (χ0n) is 10.6. The molecule has 0 radical (unpaired) electrons. The molecule has 2 rings (SSSR count). The van der Waals surface area contributed by atoms with Crippen LogP contribution in [-0.4, -0.2) is 27.9 Å². The molecular formula is C13H19NO3. The maximum atomic E-state index is 5.30. The minimum Gasteiger partial charge on any atom is -0.493 e. The van der Waals surface area contributed by atoms with Crippen molar-refractivity contribution in [2.45, 2.75) is 12.8 Å². The number of hydrogen-bond acceptors (Lipinski definition) is 4. The van der Waals surface area contributed by atoms with E-state index in [1.165, 1.54) is 12.8 Å². The van der Waals surface area contributed by atoms with E-state index in [9.17, 15) is 0 Å². The predicted molar refractivity (Wildman–Crippen MR) is 67.3 cm³/mol. The van der Waals surface area contributed by atoms with Crippen molar-refractivity contribution >= 4 is 5.69 Å². The zero-order valence-corrected chi connectivity index (χ0v) is 10.6. The van der Waals surface area contributed by atoms with Crippen LogP contribution < -0.4 is 19.5 Å². The Labute approximate surface area is 102 Å². The third kappa shape index (κ3) is 2.75. The van der Waals surface area contributed by atoms with Crippen molar-refractivity contribution in [3.8, 4) is 17.2 Å². The lowest BCUT2D eigenvalue weighted by Crippen LogP contribution is -2.04. The molecule has 1 aliphatic rings. The molecule has 1 fully saturated rings. The summed E-state index contributed by atoms with van der Waals surface area (Å²) in [5.74, 6) is 2.83. The van der Waals surface area contributed by atoms with Gasteiger partial charge < -0.3 is 19.5 Å². The molecule has 94 valence electrons. The minimum atomic E-state index is 0.631. The Morgan fingerprint density at radius 1 is 1.06 bits per heavy atom. The van der Waals surface area contributed by atoms with E-state index in [2.05, 4.69) is 5.32 Å². The summed E-state index contributed by atoms with van der Waals surface area (Å²) in [6.45, 7) is 1.01. The summed E-state index contributed by atoms with van der Waals surface area (Å²) in [7, 11) is 4.86. The first-order chi connectivity index (χ1) is 8.28. The van der Waals surface area contributed by atoms with Crippen LogP contribution in [0.5, 0.6) is 17.2 Å². The van der Waals surface area contributed by atoms with Crippen LogP contribution >= 0.6 is 0 Å². The summed E-state index contributed by atoms with van der Waals surface area (Å²) in [5.41, 5.74) is 1.01. The number of rotatable bonds is 6. The normalized spacial score (nSPS) is 14.3. The maximum Gasteiger partial charge on any atom is 0.203 e. The van der Waals surface area contributed by atoms with Crippen molar-refractivity contribution in [3.63, 3.8) is 0 Å². The van der Waals surface area contributed by atoms with E-state index < -0.39 is 0 Å². The first kappa shape index (κ1) is 11.9. The number of benzene rings is 1. The highest BCUT2D eigenvalue weighted by Crippen LogP contribution is 2.40. The second kappa shape index (κ2) is 5.17. The molecule has 0 bridgehead atoms. The topological polar surface area (TPSA) is 39.7 Å². The fourth-order valence-electron chi connectivity index (χ4n) is 1.77. The fraction of sp³-hybridized carbons (Fsp3) is 0.538. The molecule has 1 N–H and O–H groups in total. The Balaban J connectivity index is 2.19. The Hall–Kier alpha value is -1.58. The van der Waals surface area contributed by atoms with Crippen molar-refractivity contribution in [3.05, 3.63) is 12.1 Å². The highest BCUT2D eigenvalue weighted by molar-refractivity contribution is 5.62. The number of hydrogen-bond donors (Lipinski definition) is 1. The molecule has 0 unspecified atom stereocenters. The lowest BCUT2D eigenvalue weighted by atomic mass is 10.2. The van der Waals surface area contributed by atoms with Gasteiger partial charge in [0.2, 0.25) is 5.75 Å². The second-order valence-corrected chi connectivity index (χ2v) is 4.24. The lowest BCUT2D eigenvalue weighted by molar-refractivity contribution is 0.324. The minimum absolute atomic E-state index is 0.631. The third-order valence-electron chi connectivity index (χ3n) is 2.96. The van der Waals surface area contributed by atoms with Crippen LogP contribution in [0.25, 0.3) is 0 Å². The van der Waals surface area contributed by atoms with Crippen LogP contribution in [-0.2, 0) is 0 Å². The van der Waals surface area contributed by atoms with Gasteiger partial charge in [-0.1, -0.05) is 0 Å². The van der Waals surface area contributed by atoms with Crippen LogP contribution in [0.3, 0.4) is 0 Å². The van der Waals surface area contributed by atoms with E-state index in [0.717, 1.165) is 18.2 Å². The molecular weight excluding hydrogens is 218 g/mol. The number of nitrogens with one attached hydrogen (secondary N) is 1. The average Bonchev–Trinajstić information content (AvgIpc) is 3.18. The molecule has 1 aromatic carbocycles. The van der Waals surface area contributed by atoms with Gasteiger partial charge >= 0.3 is 0 Å². The first-order valence-corrected chi connectivity index (χ1v) is 5.82. The predicted octanol–water partition coefficient (Wildman–Crippen LogP) is 2.53. The Morgan fingerprint density at radius 2 is 1.65 bits per heavy atom. The summed E-state index contributed by atoms with van der Waals surface area (Å²) >= 11 is 0. The lowest BCUT2D eigenvalue weighted by Gasteiger charge is -2.14. The van der Waals surface area contributed by atoms with Crippen molar-refractivity contribution in [1.29, 1.82) is 0 Å². The molecule has 1 aliphatic carbocycles. The zero-order chi connectivity index (χ0) is 12.3. The molecule has 4 nitrogen and oxygen atoms in total. The summed E-state index contributed by atoms with van der Waals surface area (Å²) in [6, 6.07) is 3.87. The smallest absolute Gasteiger partial charge is 0.203 e. The van der Waals surface area contributed by atoms with E-state index in [1.54, 1.807) is 21.3 Å². The summed E-state index contributed by atoms with van der Waals surface area (Å²) in [4.78, 5) is 0. The van der Waals surface area contributed by atoms with Gasteiger partial charge in [0.25, 0.3) is 0 Å². The quantitative estimate of drug-likeness (QED) is 0.825. The van der Waals surface area contributed by atoms with Crippen molar-refractivity contribution < 1.29 is 14.2 Å². The van der Waals surface area contributed by atoms with E-state index in [-0.39, 0.29) is 0 Å². The molecule has 4 heteroatoms. The van der Waals surface area contributed by atoms with Crippen LogP contribution in [0.2, 0.25) is 0 Å². The van der Waals surface area contributed by atoms with Gasteiger partial charge in [0.1, 0.15) is 0 Å². The monoisotopic (exact) mass is 237 g/mol. The molecule has 0 atom stereocenters. The SMILES string of the molecule is COc1cc(NCC2CC2)cc(OC)c1OC. The average molecular weight is 237 g/mol. The molecule has 0 saturated heterocycles. The van der Waals surface area contributed by atoms with Crippen molar-refractivity contribution in [2.75, 3.05) is 33.2 Å². The summed E-state index contributed by atoms with van der Waals surface area (Å²) in [5, 5.41) is 3.39. The van der Waals surface area contributed by atoms with Gasteiger partial charge in [0, 0.05) is 24.4 Å². The largest absolute Gasteiger partial charge is 0.493 e. The fourth-order valence-corrected chi connectivity index (χ4v) is 1.77. The van der Waals surface area contributed by atoms with Crippen LogP contribution in [0.15, 0.2) is 12.1 Å². The molecule has 1 saturated carbocycles. The first-order valence-electron chi connectivity index (χ1n) is 5.82. The van der Waals surface area contributed by atoms with Gasteiger partial charge in [-0.3, -0.25) is 0 Å². The molecule has 0 heterocycles. The number of ether oxygens (including phenoxy) is 3. The summed E-state index contributed by atoms with van der Waals surface area (Å²) < 4.78 is 15.9. The molecule has 0 spiro atoms. The maximum absolute atomic E-state index is 5.30. The molecule has 0 aromatic heterocycles. The van der Waals surface area contributed by atoms with Gasteiger partial charge in [-0.05, 0) is 18.8 Å². The molecule has 0 aliphatic heterocycles. The van der Waals surface area contributed by atoms with E-state index in [0.29, 0.717) is 17.2 Å². The van der Waals surface area contributed by atoms with Gasteiger partial charge in [-0.2, -0.15) is 0 Å². The van der Waals surface area contributed by atoms with E-state index in [4.69, 9.17) is 14.2 Å². The standard InChI is InChI=1S/C13H19NO3/c1-15-11-6-10(14-8-9-4-5-9)7-12(16-2)13(11)17-3/h6-7,9,14H,4-5,8H2,1-3H3. The second-order valence-electron chi connectivity index (χ2n) is 4.24. The van der Waals surface area contributed by atoms with Crippen LogP contribution in [0, 0.1) is 5.92 Å². The van der Waals surface area contributed by atoms with Crippen LogP contribution in [0.4, 0.5) is 5.69 Å². The van der Waals surface area contributed by atoms with Crippen molar-refractivity contribution in [2.24, 2.45) is 5.92 Å². The third-order valence-corrected chi connectivity index (χ3v) is 2.96. The van der Waals surface area contributed by atoms with Gasteiger partial charge in [-0.25, -0.2) is 0 Å². The summed E-state index contributed by atoms with van der Waals surface area (Å²) in [6.07, 6.45) is 2.66. The number of anilines is 1. The highest BCUT2D eigenvalue weighted by atomic mass is 16.5. The number of methoxy groups -OCH3 is 3. The van der Waals surface area contributed by atoms with Crippen LogP contribution in [0.1, 0.15) is 12.8 Å². The Morgan fingerprint density at radius 3 is 2.06 bits per heavy atom. The Bertz CT molecular complexity index is 363. The highest BCUT2D eigenvalue weighted by Gasteiger charge is 2.21. The van der Waals surface area contributed by atoms with Gasteiger partial charge in [0.05, 0.1) is 21.3 Å². The Kier molecular flexibility index (Phi) is 3.61. The molecule has 1 aromatic rings. The van der Waals surface area contributed by atoms with Gasteiger partial charge in [0.15, 0.2) is 11.5 Å². The molecule has 0 amide bonds. The van der Waals surface area contributed by atoms with Gasteiger partial charge in [-0.15, -0.1) is 0 Å². The molecule has 17 heavy (non-hydrogen) atoms. The van der Waals surface area contributed by atoms with E-state index in [1.807, 2.05) is 12.1 Å². The van der Waals surface area contributed by atoms with Crippen molar-refractivity contribution in [1.82, 2.24) is 0 Å².